The van der Waals surface area contributed by atoms with E-state index in [0.29, 0.717) is 11.4 Å². The fourth-order valence-corrected chi connectivity index (χ4v) is 2.29. The number of rotatable bonds is 4. The molecule has 0 aliphatic heterocycles. The second kappa shape index (κ2) is 6.57. The smallest absolute Gasteiger partial charge is 0.249 e. The number of anilines is 1. The molecular weight excluding hydrogens is 309 g/mol. The first-order chi connectivity index (χ1) is 11.5. The third-order valence-electron chi connectivity index (χ3n) is 3.62. The number of aryl methyl sites for hydroxylation is 1. The Morgan fingerprint density at radius 1 is 1.25 bits per heavy atom. The van der Waals surface area contributed by atoms with Crippen LogP contribution in [0.3, 0.4) is 0 Å². The zero-order chi connectivity index (χ0) is 17.1. The van der Waals surface area contributed by atoms with Crippen molar-refractivity contribution in [1.29, 1.82) is 0 Å². The molecule has 0 radical (unpaired) electrons. The van der Waals surface area contributed by atoms with Gasteiger partial charge in [-0.25, -0.2) is 9.07 Å². The van der Waals surface area contributed by atoms with E-state index in [1.807, 2.05) is 30.3 Å². The number of carbonyl (C=O) groups is 1. The number of nitrogens with one attached hydrogen (secondary N) is 1. The number of para-hydroxylation sites is 1. The number of aromatic nitrogens is 4. The molecule has 1 N–H and O–H groups in total. The molecule has 7 heteroatoms. The highest BCUT2D eigenvalue weighted by atomic mass is 19.1. The molecule has 3 rings (SSSR count). The Labute approximate surface area is 138 Å². The van der Waals surface area contributed by atoms with Gasteiger partial charge >= 0.3 is 0 Å². The van der Waals surface area contributed by atoms with Crippen molar-refractivity contribution in [2.24, 2.45) is 0 Å². The SMILES string of the molecule is Cc1nc(NC(=O)C(C)c2cncc(F)c2)nn1-c1ccccc1. The van der Waals surface area contributed by atoms with E-state index in [0.717, 1.165) is 11.9 Å². The summed E-state index contributed by atoms with van der Waals surface area (Å²) in [5.41, 5.74) is 1.34. The average molecular weight is 325 g/mol. The van der Waals surface area contributed by atoms with Crippen LogP contribution in [-0.4, -0.2) is 25.7 Å². The highest BCUT2D eigenvalue weighted by molar-refractivity contribution is 5.94. The van der Waals surface area contributed by atoms with Crippen LogP contribution in [0.1, 0.15) is 24.2 Å². The largest absolute Gasteiger partial charge is 0.293 e. The van der Waals surface area contributed by atoms with E-state index in [1.165, 1.54) is 12.3 Å². The van der Waals surface area contributed by atoms with E-state index in [-0.39, 0.29) is 11.9 Å². The second-order valence-corrected chi connectivity index (χ2v) is 5.38. The summed E-state index contributed by atoms with van der Waals surface area (Å²) in [7, 11) is 0. The van der Waals surface area contributed by atoms with Crippen molar-refractivity contribution in [3.05, 3.63) is 66.0 Å². The Balaban J connectivity index is 1.78. The molecule has 6 nitrogen and oxygen atoms in total. The maximum atomic E-state index is 13.2. The minimum absolute atomic E-state index is 0.206. The molecule has 0 bridgehead atoms. The van der Waals surface area contributed by atoms with Crippen LogP contribution in [0, 0.1) is 12.7 Å². The van der Waals surface area contributed by atoms with Crippen LogP contribution < -0.4 is 5.32 Å². The fraction of sp³-hybridized carbons (Fsp3) is 0.176. The van der Waals surface area contributed by atoms with Gasteiger partial charge < -0.3 is 0 Å². The minimum Gasteiger partial charge on any atom is -0.293 e. The second-order valence-electron chi connectivity index (χ2n) is 5.38. The van der Waals surface area contributed by atoms with Crippen molar-refractivity contribution in [3.63, 3.8) is 0 Å². The lowest BCUT2D eigenvalue weighted by Crippen LogP contribution is -2.20. The van der Waals surface area contributed by atoms with Crippen molar-refractivity contribution in [2.75, 3.05) is 5.32 Å². The van der Waals surface area contributed by atoms with Crippen LogP contribution in [0.15, 0.2) is 48.8 Å². The summed E-state index contributed by atoms with van der Waals surface area (Å²) >= 11 is 0. The van der Waals surface area contributed by atoms with Crippen LogP contribution in [-0.2, 0) is 4.79 Å². The topological polar surface area (TPSA) is 72.7 Å². The predicted octanol–water partition coefficient (Wildman–Crippen LogP) is 2.85. The number of nitrogens with zero attached hydrogens (tertiary/aromatic N) is 4. The minimum atomic E-state index is -0.572. The summed E-state index contributed by atoms with van der Waals surface area (Å²) in [5.74, 6) is -0.520. The van der Waals surface area contributed by atoms with Gasteiger partial charge in [0, 0.05) is 6.20 Å². The summed E-state index contributed by atoms with van der Waals surface area (Å²) in [4.78, 5) is 20.3. The molecule has 0 saturated carbocycles. The van der Waals surface area contributed by atoms with Crippen LogP contribution >= 0.6 is 0 Å². The number of pyridine rings is 1. The van der Waals surface area contributed by atoms with Gasteiger partial charge in [0.1, 0.15) is 11.6 Å². The zero-order valence-corrected chi connectivity index (χ0v) is 13.3. The van der Waals surface area contributed by atoms with E-state index < -0.39 is 11.7 Å². The molecule has 1 atom stereocenters. The Kier molecular flexibility index (Phi) is 4.33. The van der Waals surface area contributed by atoms with Gasteiger partial charge in [-0.3, -0.25) is 15.1 Å². The molecule has 0 saturated heterocycles. The van der Waals surface area contributed by atoms with Crippen molar-refractivity contribution in [2.45, 2.75) is 19.8 Å². The Hall–Kier alpha value is -3.09. The lowest BCUT2D eigenvalue weighted by atomic mass is 10.0. The zero-order valence-electron chi connectivity index (χ0n) is 13.3. The first kappa shape index (κ1) is 15.8. The lowest BCUT2D eigenvalue weighted by molar-refractivity contribution is -0.117. The molecule has 0 aliphatic rings. The monoisotopic (exact) mass is 325 g/mol. The standard InChI is InChI=1S/C17H16FN5O/c1-11(13-8-14(18)10-19-9-13)16(24)21-17-20-12(2)23(22-17)15-6-4-3-5-7-15/h3-11H,1-2H3,(H,21,22,24). The number of amides is 1. The van der Waals surface area contributed by atoms with Crippen molar-refractivity contribution in [3.8, 4) is 5.69 Å². The molecule has 24 heavy (non-hydrogen) atoms. The van der Waals surface area contributed by atoms with Crippen molar-refractivity contribution >= 4 is 11.9 Å². The lowest BCUT2D eigenvalue weighted by Gasteiger charge is -2.10. The van der Waals surface area contributed by atoms with E-state index >= 15 is 0 Å². The third kappa shape index (κ3) is 3.29. The van der Waals surface area contributed by atoms with Crippen LogP contribution in [0.25, 0.3) is 5.69 Å². The number of hydrogen-bond donors (Lipinski definition) is 1. The number of hydrogen-bond acceptors (Lipinski definition) is 4. The maximum Gasteiger partial charge on any atom is 0.249 e. The molecule has 0 aliphatic carbocycles. The van der Waals surface area contributed by atoms with E-state index in [9.17, 15) is 9.18 Å². The summed E-state index contributed by atoms with van der Waals surface area (Å²) in [6.45, 7) is 3.47. The van der Waals surface area contributed by atoms with Crippen molar-refractivity contribution in [1.82, 2.24) is 19.7 Å². The highest BCUT2D eigenvalue weighted by Gasteiger charge is 2.18. The Morgan fingerprint density at radius 3 is 2.71 bits per heavy atom. The van der Waals surface area contributed by atoms with Crippen LogP contribution in [0.2, 0.25) is 0 Å². The molecule has 0 spiro atoms. The first-order valence-corrected chi connectivity index (χ1v) is 7.45. The van der Waals surface area contributed by atoms with Crippen LogP contribution in [0.4, 0.5) is 10.3 Å². The molecule has 1 amide bonds. The van der Waals surface area contributed by atoms with Crippen LogP contribution in [0.5, 0.6) is 0 Å². The van der Waals surface area contributed by atoms with E-state index in [4.69, 9.17) is 0 Å². The molecule has 1 aromatic carbocycles. The molecule has 0 fully saturated rings. The molecule has 2 aromatic heterocycles. The summed E-state index contributed by atoms with van der Waals surface area (Å²) in [5, 5.41) is 6.96. The van der Waals surface area contributed by atoms with Gasteiger partial charge in [-0.1, -0.05) is 18.2 Å². The van der Waals surface area contributed by atoms with E-state index in [1.54, 1.807) is 18.5 Å². The normalized spacial score (nSPS) is 12.0. The van der Waals surface area contributed by atoms with Gasteiger partial charge in [0.05, 0.1) is 17.8 Å². The molecular formula is C17H16FN5O. The fourth-order valence-electron chi connectivity index (χ4n) is 2.29. The number of benzene rings is 1. The maximum absolute atomic E-state index is 13.2. The number of carbonyl (C=O) groups excluding carboxylic acids is 1. The van der Waals surface area contributed by atoms with E-state index in [2.05, 4.69) is 20.4 Å². The van der Waals surface area contributed by atoms with Gasteiger partial charge in [0.2, 0.25) is 11.9 Å². The first-order valence-electron chi connectivity index (χ1n) is 7.45. The van der Waals surface area contributed by atoms with Gasteiger partial charge in [0.25, 0.3) is 0 Å². The highest BCUT2D eigenvalue weighted by Crippen LogP contribution is 2.17. The molecule has 1 unspecified atom stereocenters. The average Bonchev–Trinajstić information content (AvgIpc) is 2.95. The quantitative estimate of drug-likeness (QED) is 0.800. The Bertz CT molecular complexity index is 862. The van der Waals surface area contributed by atoms with Crippen molar-refractivity contribution < 1.29 is 9.18 Å². The van der Waals surface area contributed by atoms with Gasteiger partial charge in [0.15, 0.2) is 0 Å². The number of halogens is 1. The summed E-state index contributed by atoms with van der Waals surface area (Å²) in [6, 6.07) is 10.8. The molecule has 2 heterocycles. The van der Waals surface area contributed by atoms with Gasteiger partial charge in [-0.15, -0.1) is 5.10 Å². The predicted molar refractivity (Wildman–Crippen MR) is 87.3 cm³/mol. The Morgan fingerprint density at radius 2 is 2.00 bits per heavy atom. The molecule has 122 valence electrons. The van der Waals surface area contributed by atoms with Gasteiger partial charge in [-0.2, -0.15) is 4.98 Å². The summed E-state index contributed by atoms with van der Waals surface area (Å²) < 4.78 is 14.9. The molecule has 3 aromatic rings. The summed E-state index contributed by atoms with van der Waals surface area (Å²) in [6.07, 6.45) is 2.56. The van der Waals surface area contributed by atoms with Gasteiger partial charge in [-0.05, 0) is 37.6 Å². The third-order valence-corrected chi connectivity index (χ3v) is 3.62.